The van der Waals surface area contributed by atoms with Gasteiger partial charge in [0.2, 0.25) is 0 Å². The smallest absolute Gasteiger partial charge is 0.312 e. The molecule has 2 rings (SSSR count). The van der Waals surface area contributed by atoms with E-state index in [4.69, 9.17) is 16.3 Å². The SMILES string of the molecule is CC(C)Oc1ccccc1CC(C(=O)O)c1ccc(Cl)s1. The van der Waals surface area contributed by atoms with E-state index in [-0.39, 0.29) is 6.10 Å². The zero-order valence-corrected chi connectivity index (χ0v) is 13.4. The van der Waals surface area contributed by atoms with Crippen molar-refractivity contribution in [2.24, 2.45) is 0 Å². The molecule has 0 fully saturated rings. The second kappa shape index (κ2) is 6.96. The molecule has 0 radical (unpaired) electrons. The van der Waals surface area contributed by atoms with Gasteiger partial charge in [-0.25, -0.2) is 0 Å². The molecule has 2 aromatic rings. The Labute approximate surface area is 133 Å². The Morgan fingerprint density at radius 2 is 2.00 bits per heavy atom. The summed E-state index contributed by atoms with van der Waals surface area (Å²) in [6.07, 6.45) is 0.431. The summed E-state index contributed by atoms with van der Waals surface area (Å²) >= 11 is 7.22. The number of carboxylic acid groups (broad SMARTS) is 1. The summed E-state index contributed by atoms with van der Waals surface area (Å²) in [5.41, 5.74) is 0.892. The Kier molecular flexibility index (Phi) is 5.26. The first-order valence-corrected chi connectivity index (χ1v) is 7.89. The van der Waals surface area contributed by atoms with Crippen LogP contribution < -0.4 is 4.74 Å². The summed E-state index contributed by atoms with van der Waals surface area (Å²) < 4.78 is 6.35. The van der Waals surface area contributed by atoms with Gasteiger partial charge in [-0.15, -0.1) is 11.3 Å². The first kappa shape index (κ1) is 15.9. The fourth-order valence-electron chi connectivity index (χ4n) is 2.09. The minimum atomic E-state index is -0.854. The topological polar surface area (TPSA) is 46.5 Å². The van der Waals surface area contributed by atoms with Crippen LogP contribution in [0.4, 0.5) is 0 Å². The second-order valence-electron chi connectivity index (χ2n) is 5.01. The Morgan fingerprint density at radius 3 is 2.57 bits per heavy atom. The van der Waals surface area contributed by atoms with E-state index in [1.54, 1.807) is 12.1 Å². The lowest BCUT2D eigenvalue weighted by Gasteiger charge is -2.16. The Bertz CT molecular complexity index is 621. The van der Waals surface area contributed by atoms with Gasteiger partial charge in [-0.1, -0.05) is 29.8 Å². The molecule has 1 unspecified atom stereocenters. The van der Waals surface area contributed by atoms with Gasteiger partial charge in [-0.3, -0.25) is 4.79 Å². The molecule has 1 aromatic carbocycles. The number of halogens is 1. The number of benzene rings is 1. The van der Waals surface area contributed by atoms with Gasteiger partial charge in [-0.05, 0) is 44.0 Å². The highest BCUT2D eigenvalue weighted by Gasteiger charge is 2.23. The van der Waals surface area contributed by atoms with Crippen LogP contribution in [-0.2, 0) is 11.2 Å². The molecule has 0 bridgehead atoms. The van der Waals surface area contributed by atoms with E-state index in [1.807, 2.05) is 38.1 Å². The maximum Gasteiger partial charge on any atom is 0.312 e. The molecule has 5 heteroatoms. The van der Waals surface area contributed by atoms with Crippen molar-refractivity contribution in [2.45, 2.75) is 32.3 Å². The van der Waals surface area contributed by atoms with Crippen LogP contribution in [0, 0.1) is 0 Å². The van der Waals surface area contributed by atoms with Gasteiger partial charge in [0.05, 0.1) is 16.4 Å². The van der Waals surface area contributed by atoms with Gasteiger partial charge < -0.3 is 9.84 Å². The number of aliphatic carboxylic acids is 1. The van der Waals surface area contributed by atoms with Gasteiger partial charge in [0, 0.05) is 4.88 Å². The van der Waals surface area contributed by atoms with Crippen molar-refractivity contribution in [3.63, 3.8) is 0 Å². The van der Waals surface area contributed by atoms with Crippen molar-refractivity contribution in [3.8, 4) is 5.75 Å². The average molecular weight is 325 g/mol. The van der Waals surface area contributed by atoms with Crippen LogP contribution in [-0.4, -0.2) is 17.2 Å². The molecule has 1 atom stereocenters. The summed E-state index contributed by atoms with van der Waals surface area (Å²) in [6.45, 7) is 3.90. The van der Waals surface area contributed by atoms with E-state index in [0.717, 1.165) is 16.2 Å². The third-order valence-electron chi connectivity index (χ3n) is 2.99. The van der Waals surface area contributed by atoms with E-state index in [0.29, 0.717) is 10.8 Å². The summed E-state index contributed by atoms with van der Waals surface area (Å²) in [5, 5.41) is 9.49. The molecule has 0 aliphatic rings. The monoisotopic (exact) mass is 324 g/mol. The van der Waals surface area contributed by atoms with E-state index >= 15 is 0 Å². The van der Waals surface area contributed by atoms with Crippen LogP contribution in [0.5, 0.6) is 5.75 Å². The fraction of sp³-hybridized carbons (Fsp3) is 0.312. The second-order valence-corrected chi connectivity index (χ2v) is 6.76. The zero-order chi connectivity index (χ0) is 15.4. The number of carboxylic acids is 1. The summed E-state index contributed by atoms with van der Waals surface area (Å²) in [7, 11) is 0. The molecule has 0 spiro atoms. The van der Waals surface area contributed by atoms with Crippen molar-refractivity contribution in [1.82, 2.24) is 0 Å². The van der Waals surface area contributed by atoms with Gasteiger partial charge in [0.1, 0.15) is 5.75 Å². The highest BCUT2D eigenvalue weighted by molar-refractivity contribution is 7.16. The van der Waals surface area contributed by atoms with Gasteiger partial charge in [0.15, 0.2) is 0 Å². The summed E-state index contributed by atoms with van der Waals surface area (Å²) in [5.74, 6) is -0.728. The number of hydrogen-bond donors (Lipinski definition) is 1. The molecule has 0 aliphatic carbocycles. The highest BCUT2D eigenvalue weighted by atomic mass is 35.5. The van der Waals surface area contributed by atoms with Crippen molar-refractivity contribution in [1.29, 1.82) is 0 Å². The normalized spacial score (nSPS) is 12.4. The molecule has 1 N–H and O–H groups in total. The lowest BCUT2D eigenvalue weighted by atomic mass is 9.97. The maximum atomic E-state index is 11.6. The number of ether oxygens (including phenoxy) is 1. The number of rotatable bonds is 6. The number of carbonyl (C=O) groups is 1. The van der Waals surface area contributed by atoms with Crippen LogP contribution in [0.25, 0.3) is 0 Å². The molecule has 112 valence electrons. The molecule has 0 saturated heterocycles. The van der Waals surface area contributed by atoms with E-state index in [1.165, 1.54) is 11.3 Å². The largest absolute Gasteiger partial charge is 0.491 e. The lowest BCUT2D eigenvalue weighted by Crippen LogP contribution is -2.15. The standard InChI is InChI=1S/C16H17ClO3S/c1-10(2)20-13-6-4-3-5-11(13)9-12(16(18)19)14-7-8-15(17)21-14/h3-8,10,12H,9H2,1-2H3,(H,18,19). The Hall–Kier alpha value is -1.52. The van der Waals surface area contributed by atoms with Crippen molar-refractivity contribution in [3.05, 3.63) is 51.2 Å². The molecule has 21 heavy (non-hydrogen) atoms. The highest BCUT2D eigenvalue weighted by Crippen LogP contribution is 2.33. The first-order valence-electron chi connectivity index (χ1n) is 6.70. The minimum absolute atomic E-state index is 0.0469. The zero-order valence-electron chi connectivity index (χ0n) is 11.9. The Balaban J connectivity index is 2.27. The van der Waals surface area contributed by atoms with Crippen molar-refractivity contribution < 1.29 is 14.6 Å². The fourth-order valence-corrected chi connectivity index (χ4v) is 3.24. The average Bonchev–Trinajstić information content (AvgIpc) is 2.83. The predicted molar refractivity (Wildman–Crippen MR) is 85.6 cm³/mol. The molecule has 1 heterocycles. The van der Waals surface area contributed by atoms with E-state index in [2.05, 4.69) is 0 Å². The molecule has 3 nitrogen and oxygen atoms in total. The van der Waals surface area contributed by atoms with Gasteiger partial charge >= 0.3 is 5.97 Å². The predicted octanol–water partition coefficient (Wildman–Crippen LogP) is 4.60. The lowest BCUT2D eigenvalue weighted by molar-refractivity contribution is -0.138. The number of hydrogen-bond acceptors (Lipinski definition) is 3. The number of para-hydroxylation sites is 1. The van der Waals surface area contributed by atoms with Crippen molar-refractivity contribution in [2.75, 3.05) is 0 Å². The molecule has 0 amide bonds. The molecule has 1 aromatic heterocycles. The van der Waals surface area contributed by atoms with Crippen LogP contribution >= 0.6 is 22.9 Å². The maximum absolute atomic E-state index is 11.6. The van der Waals surface area contributed by atoms with Crippen LogP contribution in [0.1, 0.15) is 30.2 Å². The molecule has 0 saturated carbocycles. The third kappa shape index (κ3) is 4.22. The van der Waals surface area contributed by atoms with Crippen LogP contribution in [0.15, 0.2) is 36.4 Å². The quantitative estimate of drug-likeness (QED) is 0.844. The van der Waals surface area contributed by atoms with Crippen molar-refractivity contribution >= 4 is 28.9 Å². The third-order valence-corrected chi connectivity index (χ3v) is 4.34. The minimum Gasteiger partial charge on any atom is -0.491 e. The summed E-state index contributed by atoms with van der Waals surface area (Å²) in [6, 6.07) is 11.1. The van der Waals surface area contributed by atoms with Gasteiger partial charge in [-0.2, -0.15) is 0 Å². The molecular formula is C16H17ClO3S. The van der Waals surface area contributed by atoms with Crippen LogP contribution in [0.2, 0.25) is 4.34 Å². The molecular weight excluding hydrogens is 308 g/mol. The Morgan fingerprint density at radius 1 is 1.29 bits per heavy atom. The van der Waals surface area contributed by atoms with Crippen LogP contribution in [0.3, 0.4) is 0 Å². The number of thiophene rings is 1. The van der Waals surface area contributed by atoms with E-state index < -0.39 is 11.9 Å². The first-order chi connectivity index (χ1) is 9.97. The van der Waals surface area contributed by atoms with E-state index in [9.17, 15) is 9.90 Å². The van der Waals surface area contributed by atoms with Gasteiger partial charge in [0.25, 0.3) is 0 Å². The molecule has 0 aliphatic heterocycles. The summed E-state index contributed by atoms with van der Waals surface area (Å²) in [4.78, 5) is 12.3.